The van der Waals surface area contributed by atoms with Gasteiger partial charge in [0.25, 0.3) is 0 Å². The molecule has 0 aliphatic heterocycles. The third-order valence-electron chi connectivity index (χ3n) is 3.14. The second kappa shape index (κ2) is 7.17. The fraction of sp³-hybridized carbons (Fsp3) is 0.412. The summed E-state index contributed by atoms with van der Waals surface area (Å²) < 4.78 is 5.18. The zero-order valence-electron chi connectivity index (χ0n) is 13.8. The zero-order valence-corrected chi connectivity index (χ0v) is 13.8. The van der Waals surface area contributed by atoms with E-state index in [2.05, 4.69) is 15.6 Å². The number of nitrogens with two attached hydrogens (primary N) is 1. The molecule has 0 aliphatic carbocycles. The quantitative estimate of drug-likeness (QED) is 0.582. The van der Waals surface area contributed by atoms with Gasteiger partial charge in [-0.2, -0.15) is 0 Å². The van der Waals surface area contributed by atoms with Crippen LogP contribution in [0.5, 0.6) is 0 Å². The number of carbonyl (C=O) groups excluding carboxylic acids is 1. The monoisotopic (exact) mass is 316 g/mol. The molecule has 2 rings (SSSR count). The molecule has 0 fully saturated rings. The Hall–Kier alpha value is -2.50. The standard InChI is InChI=1S/C17H24N4O2/c1-17(2,3)23-16(22)21-11-5-10-19-14-8-7-13(18)12-6-4-9-20-15(12)14/h4,6-9,19H,5,10-11,18H2,1-3H3,(H,21,22). The van der Waals surface area contributed by atoms with Crippen molar-refractivity contribution in [3.63, 3.8) is 0 Å². The zero-order chi connectivity index (χ0) is 16.9. The van der Waals surface area contributed by atoms with Crippen LogP contribution in [-0.2, 0) is 4.74 Å². The summed E-state index contributed by atoms with van der Waals surface area (Å²) in [4.78, 5) is 15.9. The number of aromatic nitrogens is 1. The first kappa shape index (κ1) is 16.9. The molecule has 124 valence electrons. The fourth-order valence-corrected chi connectivity index (χ4v) is 2.15. The molecule has 2 aromatic rings. The lowest BCUT2D eigenvalue weighted by atomic mass is 10.1. The normalized spacial score (nSPS) is 11.3. The predicted octanol–water partition coefficient (Wildman–Crippen LogP) is 3.14. The maximum Gasteiger partial charge on any atom is 0.407 e. The first-order valence-electron chi connectivity index (χ1n) is 7.71. The van der Waals surface area contributed by atoms with Gasteiger partial charge in [0.2, 0.25) is 0 Å². The van der Waals surface area contributed by atoms with Gasteiger partial charge in [0.05, 0.1) is 11.2 Å². The van der Waals surface area contributed by atoms with E-state index in [-0.39, 0.29) is 0 Å². The van der Waals surface area contributed by atoms with E-state index >= 15 is 0 Å². The van der Waals surface area contributed by atoms with E-state index in [9.17, 15) is 4.79 Å². The van der Waals surface area contributed by atoms with Crippen LogP contribution in [0.3, 0.4) is 0 Å². The van der Waals surface area contributed by atoms with Gasteiger partial charge in [-0.25, -0.2) is 4.79 Å². The van der Waals surface area contributed by atoms with Gasteiger partial charge in [0.15, 0.2) is 0 Å². The Labute approximate surface area is 136 Å². The number of carbonyl (C=O) groups is 1. The molecule has 23 heavy (non-hydrogen) atoms. The lowest BCUT2D eigenvalue weighted by Crippen LogP contribution is -2.33. The highest BCUT2D eigenvalue weighted by atomic mass is 16.6. The highest BCUT2D eigenvalue weighted by Crippen LogP contribution is 2.26. The number of pyridine rings is 1. The molecule has 6 nitrogen and oxygen atoms in total. The number of hydrogen-bond acceptors (Lipinski definition) is 5. The maximum absolute atomic E-state index is 11.5. The molecular formula is C17H24N4O2. The highest BCUT2D eigenvalue weighted by Gasteiger charge is 2.15. The van der Waals surface area contributed by atoms with Crippen molar-refractivity contribution >= 4 is 28.4 Å². The van der Waals surface area contributed by atoms with Gasteiger partial charge >= 0.3 is 6.09 Å². The third-order valence-corrected chi connectivity index (χ3v) is 3.14. The van der Waals surface area contributed by atoms with Gasteiger partial charge in [-0.15, -0.1) is 0 Å². The number of anilines is 2. The molecule has 1 aromatic heterocycles. The third kappa shape index (κ3) is 5.02. The molecule has 0 unspecified atom stereocenters. The number of nitrogen functional groups attached to an aromatic ring is 1. The number of nitrogens with zero attached hydrogens (tertiary/aromatic N) is 1. The van der Waals surface area contributed by atoms with Gasteiger partial charge < -0.3 is 21.1 Å². The number of hydrogen-bond donors (Lipinski definition) is 3. The maximum atomic E-state index is 11.5. The largest absolute Gasteiger partial charge is 0.444 e. The van der Waals surface area contributed by atoms with E-state index in [1.54, 1.807) is 6.20 Å². The van der Waals surface area contributed by atoms with Crippen molar-refractivity contribution in [2.75, 3.05) is 24.1 Å². The van der Waals surface area contributed by atoms with Crippen molar-refractivity contribution in [2.24, 2.45) is 0 Å². The number of nitrogens with one attached hydrogen (secondary N) is 2. The summed E-state index contributed by atoms with van der Waals surface area (Å²) in [6, 6.07) is 7.61. The number of ether oxygens (including phenoxy) is 1. The molecule has 0 atom stereocenters. The van der Waals surface area contributed by atoms with Crippen LogP contribution in [0, 0.1) is 0 Å². The Kier molecular flexibility index (Phi) is 5.26. The van der Waals surface area contributed by atoms with E-state index in [1.807, 2.05) is 45.0 Å². The Morgan fingerprint density at radius 2 is 2.04 bits per heavy atom. The van der Waals surface area contributed by atoms with Crippen LogP contribution in [-0.4, -0.2) is 29.8 Å². The topological polar surface area (TPSA) is 89.3 Å². The molecule has 0 saturated carbocycles. The van der Waals surface area contributed by atoms with Crippen molar-refractivity contribution < 1.29 is 9.53 Å². The average Bonchev–Trinajstić information content (AvgIpc) is 2.47. The predicted molar refractivity (Wildman–Crippen MR) is 93.5 cm³/mol. The summed E-state index contributed by atoms with van der Waals surface area (Å²) in [6.45, 7) is 6.78. The molecule has 0 radical (unpaired) electrons. The smallest absolute Gasteiger partial charge is 0.407 e. The van der Waals surface area contributed by atoms with Crippen LogP contribution < -0.4 is 16.4 Å². The first-order chi connectivity index (χ1) is 10.9. The second-order valence-corrected chi connectivity index (χ2v) is 6.31. The molecule has 0 bridgehead atoms. The Morgan fingerprint density at radius 1 is 1.26 bits per heavy atom. The average molecular weight is 316 g/mol. The van der Waals surface area contributed by atoms with Crippen molar-refractivity contribution in [3.05, 3.63) is 30.5 Å². The minimum absolute atomic E-state index is 0.392. The Bertz CT molecular complexity index is 680. The van der Waals surface area contributed by atoms with Crippen LogP contribution in [0.15, 0.2) is 30.5 Å². The number of amides is 1. The highest BCUT2D eigenvalue weighted by molar-refractivity contribution is 5.98. The molecule has 1 amide bonds. The van der Waals surface area contributed by atoms with Gasteiger partial charge in [0.1, 0.15) is 5.60 Å². The molecule has 6 heteroatoms. The fourth-order valence-electron chi connectivity index (χ4n) is 2.15. The summed E-state index contributed by atoms with van der Waals surface area (Å²) in [5, 5.41) is 7.00. The molecule has 4 N–H and O–H groups in total. The van der Waals surface area contributed by atoms with Gasteiger partial charge in [-0.3, -0.25) is 4.98 Å². The van der Waals surface area contributed by atoms with Crippen LogP contribution in [0.4, 0.5) is 16.2 Å². The van der Waals surface area contributed by atoms with Crippen molar-refractivity contribution in [1.82, 2.24) is 10.3 Å². The lowest BCUT2D eigenvalue weighted by molar-refractivity contribution is 0.0528. The SMILES string of the molecule is CC(C)(C)OC(=O)NCCCNc1ccc(N)c2cccnc12. The Balaban J connectivity index is 1.81. The Morgan fingerprint density at radius 3 is 2.78 bits per heavy atom. The molecular weight excluding hydrogens is 292 g/mol. The van der Waals surface area contributed by atoms with Gasteiger partial charge in [-0.1, -0.05) is 0 Å². The number of fused-ring (bicyclic) bond motifs is 1. The summed E-state index contributed by atoms with van der Waals surface area (Å²) in [5.74, 6) is 0. The number of benzene rings is 1. The summed E-state index contributed by atoms with van der Waals surface area (Å²) in [6.07, 6.45) is 2.13. The van der Waals surface area contributed by atoms with E-state index < -0.39 is 11.7 Å². The second-order valence-electron chi connectivity index (χ2n) is 6.31. The van der Waals surface area contributed by atoms with Crippen molar-refractivity contribution in [2.45, 2.75) is 32.8 Å². The summed E-state index contributed by atoms with van der Waals surface area (Å²) >= 11 is 0. The molecule has 0 saturated heterocycles. The van der Waals surface area contributed by atoms with Gasteiger partial charge in [-0.05, 0) is 51.5 Å². The molecule has 1 aromatic carbocycles. The molecule has 0 aliphatic rings. The van der Waals surface area contributed by atoms with Crippen LogP contribution >= 0.6 is 0 Å². The minimum Gasteiger partial charge on any atom is -0.444 e. The van der Waals surface area contributed by atoms with Gasteiger partial charge in [0, 0.05) is 30.4 Å². The van der Waals surface area contributed by atoms with E-state index in [1.165, 1.54) is 0 Å². The van der Waals surface area contributed by atoms with Crippen LogP contribution in [0.25, 0.3) is 10.9 Å². The summed E-state index contributed by atoms with van der Waals surface area (Å²) in [5.41, 5.74) is 7.99. The van der Waals surface area contributed by atoms with Crippen LogP contribution in [0.2, 0.25) is 0 Å². The number of alkyl carbamates (subject to hydrolysis) is 1. The van der Waals surface area contributed by atoms with E-state index in [0.29, 0.717) is 18.8 Å². The minimum atomic E-state index is -0.475. The first-order valence-corrected chi connectivity index (χ1v) is 7.71. The van der Waals surface area contributed by atoms with Crippen LogP contribution in [0.1, 0.15) is 27.2 Å². The lowest BCUT2D eigenvalue weighted by Gasteiger charge is -2.19. The van der Waals surface area contributed by atoms with E-state index in [4.69, 9.17) is 10.5 Å². The van der Waals surface area contributed by atoms with E-state index in [0.717, 1.165) is 23.0 Å². The van der Waals surface area contributed by atoms with Crippen molar-refractivity contribution in [1.29, 1.82) is 0 Å². The van der Waals surface area contributed by atoms with Crippen molar-refractivity contribution in [3.8, 4) is 0 Å². The molecule has 1 heterocycles. The number of rotatable bonds is 5. The molecule has 0 spiro atoms. The summed E-state index contributed by atoms with van der Waals surface area (Å²) in [7, 11) is 0.